The molecule has 4 nitrogen and oxygen atoms in total. The molecule has 0 atom stereocenters. The van der Waals surface area contributed by atoms with Crippen LogP contribution in [0.3, 0.4) is 0 Å². The van der Waals surface area contributed by atoms with Gasteiger partial charge < -0.3 is 11.1 Å². The summed E-state index contributed by atoms with van der Waals surface area (Å²) in [6.45, 7) is 6.43. The van der Waals surface area contributed by atoms with Crippen molar-refractivity contribution in [1.29, 1.82) is 0 Å². The number of halogens is 2. The fourth-order valence-electron chi connectivity index (χ4n) is 1.76. The van der Waals surface area contributed by atoms with Crippen molar-refractivity contribution in [2.24, 2.45) is 5.73 Å². The standard InChI is InChI=1S/C13H21N3O.2ClH/c1-4-13(5-2,9-14)16-12(17)11-6-10(3)7-15-8-11;;/h6-8H,4-5,9,14H2,1-3H3,(H,16,17);2*1H. The molecule has 1 heterocycles. The molecule has 0 radical (unpaired) electrons. The van der Waals surface area contributed by atoms with Gasteiger partial charge in [-0.3, -0.25) is 9.78 Å². The van der Waals surface area contributed by atoms with Crippen LogP contribution in [0.1, 0.15) is 42.6 Å². The Kier molecular flexibility index (Phi) is 9.84. The highest BCUT2D eigenvalue weighted by atomic mass is 35.5. The van der Waals surface area contributed by atoms with Gasteiger partial charge in [0.25, 0.3) is 5.91 Å². The minimum absolute atomic E-state index is 0. The van der Waals surface area contributed by atoms with Crippen LogP contribution in [-0.2, 0) is 0 Å². The second kappa shape index (κ2) is 9.13. The van der Waals surface area contributed by atoms with Crippen LogP contribution in [0.2, 0.25) is 0 Å². The quantitative estimate of drug-likeness (QED) is 0.878. The highest BCUT2D eigenvalue weighted by Gasteiger charge is 2.26. The Balaban J connectivity index is 0. The summed E-state index contributed by atoms with van der Waals surface area (Å²) < 4.78 is 0. The van der Waals surface area contributed by atoms with Gasteiger partial charge in [0.05, 0.1) is 11.1 Å². The van der Waals surface area contributed by atoms with E-state index in [1.165, 1.54) is 0 Å². The molecular weight excluding hydrogens is 285 g/mol. The molecule has 0 aliphatic heterocycles. The number of aromatic nitrogens is 1. The zero-order valence-corrected chi connectivity index (χ0v) is 13.2. The van der Waals surface area contributed by atoms with Crippen molar-refractivity contribution in [3.05, 3.63) is 29.6 Å². The minimum atomic E-state index is -0.305. The molecule has 0 saturated heterocycles. The third kappa shape index (κ3) is 5.35. The molecule has 1 aromatic rings. The molecule has 19 heavy (non-hydrogen) atoms. The number of nitrogens with zero attached hydrogens (tertiary/aromatic N) is 1. The molecule has 1 amide bonds. The summed E-state index contributed by atoms with van der Waals surface area (Å²) in [7, 11) is 0. The van der Waals surface area contributed by atoms with Crippen molar-refractivity contribution in [1.82, 2.24) is 10.3 Å². The Labute approximate surface area is 127 Å². The molecule has 110 valence electrons. The molecular formula is C13H23Cl2N3O. The Morgan fingerprint density at radius 1 is 1.32 bits per heavy atom. The monoisotopic (exact) mass is 307 g/mol. The summed E-state index contributed by atoms with van der Waals surface area (Å²) in [6.07, 6.45) is 4.96. The second-order valence-electron chi connectivity index (χ2n) is 4.40. The predicted octanol–water partition coefficient (Wildman–Crippen LogP) is 2.48. The number of amides is 1. The molecule has 0 unspecified atom stereocenters. The lowest BCUT2D eigenvalue weighted by Gasteiger charge is -2.31. The first kappa shape index (κ1) is 20.5. The number of nitrogens with two attached hydrogens (primary N) is 1. The molecule has 1 aromatic heterocycles. The van der Waals surface area contributed by atoms with Gasteiger partial charge >= 0.3 is 0 Å². The molecule has 0 fully saturated rings. The number of carbonyl (C=O) groups is 1. The van der Waals surface area contributed by atoms with Crippen LogP contribution in [0, 0.1) is 6.92 Å². The van der Waals surface area contributed by atoms with E-state index >= 15 is 0 Å². The number of hydrogen-bond acceptors (Lipinski definition) is 3. The van der Waals surface area contributed by atoms with Gasteiger partial charge in [0.1, 0.15) is 0 Å². The second-order valence-corrected chi connectivity index (χ2v) is 4.40. The average molecular weight is 308 g/mol. The topological polar surface area (TPSA) is 68.0 Å². The van der Waals surface area contributed by atoms with E-state index in [0.29, 0.717) is 12.1 Å². The number of hydrogen-bond donors (Lipinski definition) is 2. The Morgan fingerprint density at radius 2 is 1.89 bits per heavy atom. The number of rotatable bonds is 5. The highest BCUT2D eigenvalue weighted by Crippen LogP contribution is 2.14. The van der Waals surface area contributed by atoms with E-state index in [1.54, 1.807) is 12.4 Å². The van der Waals surface area contributed by atoms with E-state index in [1.807, 2.05) is 26.8 Å². The van der Waals surface area contributed by atoms with Crippen molar-refractivity contribution >= 4 is 30.7 Å². The van der Waals surface area contributed by atoms with Crippen LogP contribution in [0.25, 0.3) is 0 Å². The zero-order valence-electron chi connectivity index (χ0n) is 11.6. The lowest BCUT2D eigenvalue weighted by molar-refractivity contribution is 0.0895. The van der Waals surface area contributed by atoms with E-state index in [2.05, 4.69) is 10.3 Å². The van der Waals surface area contributed by atoms with Crippen LogP contribution < -0.4 is 11.1 Å². The summed E-state index contributed by atoms with van der Waals surface area (Å²) in [5, 5.41) is 3.02. The Morgan fingerprint density at radius 3 is 2.32 bits per heavy atom. The Hall–Kier alpha value is -0.840. The van der Waals surface area contributed by atoms with E-state index < -0.39 is 0 Å². The number of nitrogens with one attached hydrogen (secondary N) is 1. The van der Waals surface area contributed by atoms with E-state index in [-0.39, 0.29) is 36.3 Å². The van der Waals surface area contributed by atoms with Gasteiger partial charge in [0.15, 0.2) is 0 Å². The smallest absolute Gasteiger partial charge is 0.253 e. The highest BCUT2D eigenvalue weighted by molar-refractivity contribution is 5.94. The van der Waals surface area contributed by atoms with Gasteiger partial charge in [-0.1, -0.05) is 13.8 Å². The lowest BCUT2D eigenvalue weighted by atomic mass is 9.92. The molecule has 0 aliphatic rings. The van der Waals surface area contributed by atoms with Crippen molar-refractivity contribution in [3.8, 4) is 0 Å². The van der Waals surface area contributed by atoms with Gasteiger partial charge in [-0.2, -0.15) is 0 Å². The fraction of sp³-hybridized carbons (Fsp3) is 0.538. The molecule has 0 bridgehead atoms. The van der Waals surface area contributed by atoms with Crippen LogP contribution in [0.5, 0.6) is 0 Å². The van der Waals surface area contributed by atoms with Crippen molar-refractivity contribution < 1.29 is 4.79 Å². The van der Waals surface area contributed by atoms with Crippen molar-refractivity contribution in [3.63, 3.8) is 0 Å². The maximum atomic E-state index is 12.1. The summed E-state index contributed by atoms with van der Waals surface area (Å²) in [6, 6.07) is 1.83. The fourth-order valence-corrected chi connectivity index (χ4v) is 1.76. The third-order valence-electron chi connectivity index (χ3n) is 3.26. The first-order chi connectivity index (χ1) is 8.06. The van der Waals surface area contributed by atoms with Gasteiger partial charge in [0, 0.05) is 18.9 Å². The molecule has 3 N–H and O–H groups in total. The maximum Gasteiger partial charge on any atom is 0.253 e. The zero-order chi connectivity index (χ0) is 12.9. The molecule has 0 aliphatic carbocycles. The minimum Gasteiger partial charge on any atom is -0.345 e. The average Bonchev–Trinajstić information content (AvgIpc) is 2.36. The van der Waals surface area contributed by atoms with Crippen LogP contribution in [-0.4, -0.2) is 23.0 Å². The van der Waals surface area contributed by atoms with E-state index in [4.69, 9.17) is 5.73 Å². The third-order valence-corrected chi connectivity index (χ3v) is 3.26. The van der Waals surface area contributed by atoms with E-state index in [9.17, 15) is 4.79 Å². The van der Waals surface area contributed by atoms with Crippen LogP contribution in [0.15, 0.2) is 18.5 Å². The van der Waals surface area contributed by atoms with Gasteiger partial charge in [-0.05, 0) is 31.4 Å². The normalized spacial score (nSPS) is 10.1. The van der Waals surface area contributed by atoms with Gasteiger partial charge in [-0.15, -0.1) is 24.8 Å². The first-order valence-electron chi connectivity index (χ1n) is 6.01. The lowest BCUT2D eigenvalue weighted by Crippen LogP contribution is -2.52. The number of aryl methyl sites for hydroxylation is 1. The number of carbonyl (C=O) groups excluding carboxylic acids is 1. The molecule has 6 heteroatoms. The summed E-state index contributed by atoms with van der Waals surface area (Å²) in [5.74, 6) is -0.102. The van der Waals surface area contributed by atoms with Crippen LogP contribution >= 0.6 is 24.8 Å². The largest absolute Gasteiger partial charge is 0.345 e. The molecule has 0 saturated carbocycles. The van der Waals surface area contributed by atoms with Gasteiger partial charge in [-0.25, -0.2) is 0 Å². The van der Waals surface area contributed by atoms with Crippen LogP contribution in [0.4, 0.5) is 0 Å². The summed E-state index contributed by atoms with van der Waals surface area (Å²) >= 11 is 0. The Bertz CT molecular complexity index is 387. The first-order valence-corrected chi connectivity index (χ1v) is 6.01. The molecule has 0 spiro atoms. The predicted molar refractivity (Wildman–Crippen MR) is 83.3 cm³/mol. The van der Waals surface area contributed by atoms with Crippen molar-refractivity contribution in [2.75, 3.05) is 6.54 Å². The SMILES string of the molecule is CCC(CC)(CN)NC(=O)c1cncc(C)c1.Cl.Cl. The summed E-state index contributed by atoms with van der Waals surface area (Å²) in [4.78, 5) is 16.1. The summed E-state index contributed by atoms with van der Waals surface area (Å²) in [5.41, 5.74) is 7.01. The maximum absolute atomic E-state index is 12.1. The molecule has 0 aromatic carbocycles. The van der Waals surface area contributed by atoms with Crippen molar-refractivity contribution in [2.45, 2.75) is 39.2 Å². The number of pyridine rings is 1. The van der Waals surface area contributed by atoms with E-state index in [0.717, 1.165) is 18.4 Å². The molecule has 1 rings (SSSR count). The van der Waals surface area contributed by atoms with Gasteiger partial charge in [0.2, 0.25) is 0 Å².